The Hall–Kier alpha value is -3.07. The van der Waals surface area contributed by atoms with Crippen LogP contribution in [0.4, 0.5) is 10.1 Å². The highest BCUT2D eigenvalue weighted by atomic mass is 32.1. The van der Waals surface area contributed by atoms with E-state index < -0.39 is 5.82 Å². The van der Waals surface area contributed by atoms with E-state index in [4.69, 9.17) is 9.47 Å². The SMILES string of the molecule is CNc1ccc(Oc2ccnc3cc(-c4ccc(CNCCOC)cn4)sc23)c(F)c1. The first-order valence-electron chi connectivity index (χ1n) is 9.86. The normalized spacial score (nSPS) is 11.1. The predicted octanol–water partition coefficient (Wildman–Crippen LogP) is 5.07. The number of hydrogen-bond acceptors (Lipinski definition) is 7. The average molecular weight is 439 g/mol. The van der Waals surface area contributed by atoms with Crippen LogP contribution in [0.25, 0.3) is 20.8 Å². The zero-order valence-corrected chi connectivity index (χ0v) is 18.1. The van der Waals surface area contributed by atoms with E-state index in [2.05, 4.69) is 26.7 Å². The van der Waals surface area contributed by atoms with E-state index in [-0.39, 0.29) is 5.75 Å². The summed E-state index contributed by atoms with van der Waals surface area (Å²) < 4.78 is 26.1. The Balaban J connectivity index is 1.55. The second kappa shape index (κ2) is 9.82. The lowest BCUT2D eigenvalue weighted by Gasteiger charge is -2.08. The fourth-order valence-corrected chi connectivity index (χ4v) is 4.10. The van der Waals surface area contributed by atoms with Crippen molar-refractivity contribution in [2.75, 3.05) is 32.6 Å². The number of anilines is 1. The molecule has 8 heteroatoms. The molecule has 0 atom stereocenters. The third-order valence-corrected chi connectivity index (χ3v) is 5.87. The summed E-state index contributed by atoms with van der Waals surface area (Å²) in [5.41, 5.74) is 3.44. The summed E-state index contributed by atoms with van der Waals surface area (Å²) in [6, 6.07) is 12.6. The molecule has 2 N–H and O–H groups in total. The van der Waals surface area contributed by atoms with Crippen molar-refractivity contribution in [1.82, 2.24) is 15.3 Å². The number of ether oxygens (including phenoxy) is 2. The number of pyridine rings is 2. The summed E-state index contributed by atoms with van der Waals surface area (Å²) in [5.74, 6) is 0.311. The van der Waals surface area contributed by atoms with Gasteiger partial charge in [-0.05, 0) is 29.8 Å². The minimum absolute atomic E-state index is 0.171. The van der Waals surface area contributed by atoms with Gasteiger partial charge in [-0.1, -0.05) is 6.07 Å². The average Bonchev–Trinajstić information content (AvgIpc) is 3.24. The second-order valence-electron chi connectivity index (χ2n) is 6.85. The molecule has 0 spiro atoms. The highest BCUT2D eigenvalue weighted by Crippen LogP contribution is 2.39. The largest absolute Gasteiger partial charge is 0.453 e. The summed E-state index contributed by atoms with van der Waals surface area (Å²) in [5, 5.41) is 6.21. The number of benzene rings is 1. The molecule has 6 nitrogen and oxygen atoms in total. The van der Waals surface area contributed by atoms with Crippen LogP contribution < -0.4 is 15.4 Å². The van der Waals surface area contributed by atoms with Crippen LogP contribution >= 0.6 is 11.3 Å². The van der Waals surface area contributed by atoms with Gasteiger partial charge in [-0.3, -0.25) is 9.97 Å². The summed E-state index contributed by atoms with van der Waals surface area (Å²) in [6.07, 6.45) is 3.53. The number of hydrogen-bond donors (Lipinski definition) is 2. The Labute approximate surface area is 184 Å². The smallest absolute Gasteiger partial charge is 0.167 e. The quantitative estimate of drug-likeness (QED) is 0.356. The molecular weight excluding hydrogens is 415 g/mol. The minimum Gasteiger partial charge on any atom is -0.453 e. The highest BCUT2D eigenvalue weighted by molar-refractivity contribution is 7.22. The van der Waals surface area contributed by atoms with Crippen LogP contribution in [0.15, 0.2) is 54.9 Å². The predicted molar refractivity (Wildman–Crippen MR) is 122 cm³/mol. The molecule has 160 valence electrons. The molecule has 3 heterocycles. The van der Waals surface area contributed by atoms with E-state index in [0.29, 0.717) is 18.0 Å². The van der Waals surface area contributed by atoms with Crippen molar-refractivity contribution < 1.29 is 13.9 Å². The maximum atomic E-state index is 14.4. The van der Waals surface area contributed by atoms with Crippen molar-refractivity contribution in [3.05, 3.63) is 66.2 Å². The van der Waals surface area contributed by atoms with Crippen LogP contribution in [0.1, 0.15) is 5.56 Å². The van der Waals surface area contributed by atoms with Gasteiger partial charge in [0.2, 0.25) is 0 Å². The van der Waals surface area contributed by atoms with Gasteiger partial charge >= 0.3 is 0 Å². The zero-order chi connectivity index (χ0) is 21.6. The first-order chi connectivity index (χ1) is 15.2. The Morgan fingerprint density at radius 2 is 1.97 bits per heavy atom. The van der Waals surface area contributed by atoms with Crippen molar-refractivity contribution >= 4 is 27.2 Å². The number of nitrogens with zero attached hydrogens (tertiary/aromatic N) is 2. The van der Waals surface area contributed by atoms with E-state index in [1.165, 1.54) is 17.4 Å². The lowest BCUT2D eigenvalue weighted by molar-refractivity contribution is 0.199. The molecule has 0 aliphatic carbocycles. The molecule has 0 aliphatic heterocycles. The molecule has 0 amide bonds. The van der Waals surface area contributed by atoms with Gasteiger partial charge in [0.25, 0.3) is 0 Å². The Morgan fingerprint density at radius 3 is 2.71 bits per heavy atom. The van der Waals surface area contributed by atoms with E-state index >= 15 is 0 Å². The molecule has 4 aromatic rings. The minimum atomic E-state index is -0.426. The maximum Gasteiger partial charge on any atom is 0.167 e. The van der Waals surface area contributed by atoms with Crippen molar-refractivity contribution in [2.45, 2.75) is 6.54 Å². The third-order valence-electron chi connectivity index (χ3n) is 4.71. The van der Waals surface area contributed by atoms with Gasteiger partial charge in [0.1, 0.15) is 5.75 Å². The molecular formula is C23H23FN4O2S. The molecule has 0 fully saturated rings. The summed E-state index contributed by atoms with van der Waals surface area (Å²) >= 11 is 1.52. The van der Waals surface area contributed by atoms with Crippen LogP contribution in [0.2, 0.25) is 0 Å². The van der Waals surface area contributed by atoms with Gasteiger partial charge in [0.05, 0.1) is 27.4 Å². The molecule has 0 unspecified atom stereocenters. The Morgan fingerprint density at radius 1 is 1.06 bits per heavy atom. The monoisotopic (exact) mass is 438 g/mol. The summed E-state index contributed by atoms with van der Waals surface area (Å²) in [7, 11) is 3.43. The lowest BCUT2D eigenvalue weighted by Crippen LogP contribution is -2.18. The van der Waals surface area contributed by atoms with E-state index in [1.54, 1.807) is 38.6 Å². The standard InChI is InChI=1S/C23H23FN4O2S/c1-25-16-4-6-20(17(24)11-16)30-21-7-8-27-19-12-22(31-23(19)21)18-5-3-15(14-28-18)13-26-9-10-29-2/h3-8,11-12,14,25-26H,9-10,13H2,1-2H3. The van der Waals surface area contributed by atoms with Crippen molar-refractivity contribution in [3.63, 3.8) is 0 Å². The van der Waals surface area contributed by atoms with Gasteiger partial charge in [0.15, 0.2) is 11.6 Å². The molecule has 1 aromatic carbocycles. The number of fused-ring (bicyclic) bond motifs is 1. The van der Waals surface area contributed by atoms with Crippen LogP contribution in [0, 0.1) is 5.82 Å². The third kappa shape index (κ3) is 4.99. The number of aromatic nitrogens is 2. The van der Waals surface area contributed by atoms with Gasteiger partial charge in [-0.2, -0.15) is 0 Å². The number of halogens is 1. The van der Waals surface area contributed by atoms with Gasteiger partial charge < -0.3 is 20.1 Å². The van der Waals surface area contributed by atoms with Gasteiger partial charge in [-0.25, -0.2) is 4.39 Å². The first-order valence-corrected chi connectivity index (χ1v) is 10.7. The fraction of sp³-hybridized carbons (Fsp3) is 0.217. The first kappa shape index (κ1) is 21.2. The lowest BCUT2D eigenvalue weighted by atomic mass is 10.2. The molecule has 0 radical (unpaired) electrons. The van der Waals surface area contributed by atoms with Crippen LogP contribution in [0.5, 0.6) is 11.5 Å². The van der Waals surface area contributed by atoms with Crippen LogP contribution in [0.3, 0.4) is 0 Å². The molecule has 3 aromatic heterocycles. The van der Waals surface area contributed by atoms with Crippen molar-refractivity contribution in [2.24, 2.45) is 0 Å². The van der Waals surface area contributed by atoms with Gasteiger partial charge in [-0.15, -0.1) is 11.3 Å². The molecule has 31 heavy (non-hydrogen) atoms. The molecule has 0 saturated heterocycles. The second-order valence-corrected chi connectivity index (χ2v) is 7.90. The zero-order valence-electron chi connectivity index (χ0n) is 17.3. The fourth-order valence-electron chi connectivity index (χ4n) is 3.06. The number of rotatable bonds is 9. The van der Waals surface area contributed by atoms with E-state index in [1.807, 2.05) is 18.3 Å². The molecule has 0 aliphatic rings. The van der Waals surface area contributed by atoms with Gasteiger partial charge in [0, 0.05) is 57.5 Å². The number of nitrogens with one attached hydrogen (secondary N) is 2. The van der Waals surface area contributed by atoms with E-state index in [0.717, 1.165) is 39.4 Å². The molecule has 4 rings (SSSR count). The topological polar surface area (TPSA) is 68.3 Å². The summed E-state index contributed by atoms with van der Waals surface area (Å²) in [4.78, 5) is 10.0. The van der Waals surface area contributed by atoms with E-state index in [9.17, 15) is 4.39 Å². The highest BCUT2D eigenvalue weighted by Gasteiger charge is 2.13. The Bertz CT molecular complexity index is 1160. The summed E-state index contributed by atoms with van der Waals surface area (Å²) in [6.45, 7) is 2.20. The Kier molecular flexibility index (Phi) is 6.71. The maximum absolute atomic E-state index is 14.4. The van der Waals surface area contributed by atoms with Crippen molar-refractivity contribution in [1.29, 1.82) is 0 Å². The van der Waals surface area contributed by atoms with Crippen LogP contribution in [-0.4, -0.2) is 37.3 Å². The number of methoxy groups -OCH3 is 1. The van der Waals surface area contributed by atoms with Crippen LogP contribution in [-0.2, 0) is 11.3 Å². The number of thiophene rings is 1. The molecule has 0 saturated carbocycles. The molecule has 0 bridgehead atoms. The van der Waals surface area contributed by atoms with Crippen molar-refractivity contribution in [3.8, 4) is 22.1 Å².